The van der Waals surface area contributed by atoms with Crippen molar-refractivity contribution in [3.8, 4) is 0 Å². The van der Waals surface area contributed by atoms with Gasteiger partial charge in [0.1, 0.15) is 0 Å². The summed E-state index contributed by atoms with van der Waals surface area (Å²) in [5, 5.41) is 0. The summed E-state index contributed by atoms with van der Waals surface area (Å²) in [5.41, 5.74) is 0. The van der Waals surface area contributed by atoms with Crippen LogP contribution in [0, 0.1) is 0 Å². The van der Waals surface area contributed by atoms with Gasteiger partial charge in [0.05, 0.1) is 0 Å². The van der Waals surface area contributed by atoms with E-state index in [9.17, 15) is 0 Å². The molecule has 0 bridgehead atoms. The van der Waals surface area contributed by atoms with Gasteiger partial charge in [0, 0.05) is 0 Å². The van der Waals surface area contributed by atoms with Crippen LogP contribution in [0.4, 0.5) is 0 Å². The van der Waals surface area contributed by atoms with E-state index < -0.39 is 9.05 Å². The quantitative estimate of drug-likeness (QED) is 0.416. The molecule has 0 aliphatic carbocycles. The van der Waals surface area contributed by atoms with Gasteiger partial charge in [0.15, 0.2) is 0 Å². The Hall–Kier alpha value is 3.42. The van der Waals surface area contributed by atoms with E-state index in [-0.39, 0.29) is 104 Å². The Morgan fingerprint density at radius 1 is 0.875 bits per heavy atom. The van der Waals surface area contributed by atoms with Crippen LogP contribution >= 0.6 is 0 Å². The number of rotatable bonds is 0. The van der Waals surface area contributed by atoms with Crippen LogP contribution in [-0.2, 0) is 0 Å². The Labute approximate surface area is 129 Å². The summed E-state index contributed by atoms with van der Waals surface area (Å²) in [6.07, 6.45) is 0. The molecule has 0 heterocycles. The van der Waals surface area contributed by atoms with Crippen LogP contribution in [0.1, 0.15) is 0 Å². The van der Waals surface area contributed by atoms with Gasteiger partial charge in [-0.2, -0.15) is 0 Å². The van der Waals surface area contributed by atoms with Gasteiger partial charge in [0.2, 0.25) is 0 Å². The molecule has 0 amide bonds. The fraction of sp³-hybridized carbons (Fsp3) is 0. The van der Waals surface area contributed by atoms with Crippen molar-refractivity contribution in [1.29, 1.82) is 0 Å². The van der Waals surface area contributed by atoms with Crippen LogP contribution in [0.15, 0.2) is 0 Å². The van der Waals surface area contributed by atoms with Crippen LogP contribution in [0.5, 0.6) is 0 Å². The van der Waals surface area contributed by atoms with Gasteiger partial charge in [-0.05, 0) is 0 Å². The molecular weight excluding hydrogens is 296 g/mol. The third-order valence-corrected chi connectivity index (χ3v) is 0. The van der Waals surface area contributed by atoms with E-state index in [1.54, 1.807) is 0 Å². The van der Waals surface area contributed by atoms with Crippen molar-refractivity contribution < 1.29 is 19.2 Å². The zero-order valence-corrected chi connectivity index (χ0v) is 12.9. The first kappa shape index (κ1) is 22.5. The summed E-state index contributed by atoms with van der Waals surface area (Å²) < 4.78 is 0. The molecule has 0 spiro atoms. The molecule has 8 heteroatoms. The summed E-state index contributed by atoms with van der Waals surface area (Å²) in [7, 11) is -5.61. The molecule has 0 N–H and O–H groups in total. The molecule has 0 aromatic carbocycles. The molecule has 32 valence electrons. The monoisotopic (exact) mass is 297 g/mol. The van der Waals surface area contributed by atoms with Gasteiger partial charge in [-0.15, -0.1) is 0 Å². The zero-order chi connectivity index (χ0) is 4.50. The normalized spacial score (nSPS) is 7.50. The average Bonchev–Trinajstić information content (AvgIpc) is 0.722. The molecule has 0 aliphatic rings. The first-order valence-electron chi connectivity index (χ1n) is 0.816. The summed E-state index contributed by atoms with van der Waals surface area (Å²) in [6.45, 7) is 0. The molecule has 0 saturated carbocycles. The summed E-state index contributed by atoms with van der Waals surface area (Å²) in [5.74, 6) is 0. The predicted octanol–water partition coefficient (Wildman–Crippen LogP) is -6.28. The minimum Gasteiger partial charge on any atom is -0.894 e. The number of hydrogen-bond donors (Lipinski definition) is 0. The zero-order valence-electron chi connectivity index (χ0n) is 4.12. The van der Waals surface area contributed by atoms with Gasteiger partial charge >= 0.3 is 104 Å². The standard InChI is InChI=1S/Al.Ba.Ca.O4Si/c;;;1-5(2,3)4/q+3;2*+2;-4. The molecule has 4 nitrogen and oxygen atoms in total. The molecule has 0 unspecified atom stereocenters. The van der Waals surface area contributed by atoms with E-state index in [4.69, 9.17) is 19.2 Å². The van der Waals surface area contributed by atoms with Gasteiger partial charge < -0.3 is 28.2 Å². The Balaban J connectivity index is -0.0000000267. The Morgan fingerprint density at radius 3 is 0.875 bits per heavy atom. The van der Waals surface area contributed by atoms with Crippen molar-refractivity contribution in [3.63, 3.8) is 0 Å². The second kappa shape index (κ2) is 10.4. The van der Waals surface area contributed by atoms with Crippen molar-refractivity contribution in [1.82, 2.24) is 0 Å². The Bertz CT molecular complexity index is 31.5. The third-order valence-electron chi connectivity index (χ3n) is 0. The van der Waals surface area contributed by atoms with E-state index in [2.05, 4.69) is 0 Å². The van der Waals surface area contributed by atoms with Gasteiger partial charge in [0.25, 0.3) is 0 Å². The molecule has 0 atom stereocenters. The first-order valence-corrected chi connectivity index (χ1v) is 2.45. The van der Waals surface area contributed by atoms with Crippen molar-refractivity contribution in [2.45, 2.75) is 0 Å². The smallest absolute Gasteiger partial charge is 0.894 e. The second-order valence-electron chi connectivity index (χ2n) is 0.500. The molecule has 0 fully saturated rings. The van der Waals surface area contributed by atoms with Crippen molar-refractivity contribution in [2.24, 2.45) is 0 Å². The molecule has 0 rings (SSSR count). The maximum Gasteiger partial charge on any atom is 3.00 e. The van der Waals surface area contributed by atoms with Crippen LogP contribution in [0.3, 0.4) is 0 Å². The molecule has 0 aromatic rings. The van der Waals surface area contributed by atoms with Crippen LogP contribution in [-0.4, -0.2) is 113 Å². The van der Waals surface area contributed by atoms with Crippen molar-refractivity contribution >= 4 is 113 Å². The molecular formula is AlBaCaO4Si+3. The molecule has 8 heavy (non-hydrogen) atoms. The van der Waals surface area contributed by atoms with E-state index in [1.165, 1.54) is 0 Å². The first-order chi connectivity index (χ1) is 2.00. The van der Waals surface area contributed by atoms with Gasteiger partial charge in [-0.25, -0.2) is 0 Å². The van der Waals surface area contributed by atoms with Crippen LogP contribution < -0.4 is 19.2 Å². The van der Waals surface area contributed by atoms with E-state index >= 15 is 0 Å². The number of hydrogen-bond acceptors (Lipinski definition) is 4. The average molecular weight is 296 g/mol. The fourth-order valence-corrected chi connectivity index (χ4v) is 0. The minimum atomic E-state index is -5.61. The fourth-order valence-electron chi connectivity index (χ4n) is 0. The second-order valence-corrected chi connectivity index (χ2v) is 1.50. The Kier molecular flexibility index (Phi) is 29.3. The Morgan fingerprint density at radius 2 is 0.875 bits per heavy atom. The van der Waals surface area contributed by atoms with E-state index in [0.29, 0.717) is 0 Å². The maximum atomic E-state index is 8.58. The van der Waals surface area contributed by atoms with Crippen molar-refractivity contribution in [2.75, 3.05) is 0 Å². The van der Waals surface area contributed by atoms with E-state index in [1.807, 2.05) is 0 Å². The van der Waals surface area contributed by atoms with Crippen LogP contribution in [0.25, 0.3) is 0 Å². The third kappa shape index (κ3) is 57.1. The van der Waals surface area contributed by atoms with Crippen molar-refractivity contribution in [3.05, 3.63) is 0 Å². The topological polar surface area (TPSA) is 92.2 Å². The predicted molar refractivity (Wildman–Crippen MR) is 23.0 cm³/mol. The SMILES string of the molecule is [Al+3].[Ba+2].[Ca+2].[O-][Si]([O-])([O-])[O-]. The van der Waals surface area contributed by atoms with Crippen LogP contribution in [0.2, 0.25) is 0 Å². The molecule has 0 aliphatic heterocycles. The minimum absolute atomic E-state index is 0. The van der Waals surface area contributed by atoms with Gasteiger partial charge in [-0.3, -0.25) is 0 Å². The maximum absolute atomic E-state index is 8.58. The summed E-state index contributed by atoms with van der Waals surface area (Å²) >= 11 is 0. The molecule has 0 radical (unpaired) electrons. The molecule has 0 saturated heterocycles. The largest absolute Gasteiger partial charge is 3.00 e. The van der Waals surface area contributed by atoms with E-state index in [0.717, 1.165) is 0 Å². The summed E-state index contributed by atoms with van der Waals surface area (Å²) in [4.78, 5) is 34.3. The van der Waals surface area contributed by atoms with Gasteiger partial charge in [-0.1, -0.05) is 0 Å². The molecule has 0 aromatic heterocycles. The summed E-state index contributed by atoms with van der Waals surface area (Å²) in [6, 6.07) is 0.